The molecule has 4 rings (SSSR count). The number of nitrogens with one attached hydrogen (secondary N) is 2. The highest BCUT2D eigenvalue weighted by Crippen LogP contribution is 2.22. The van der Waals surface area contributed by atoms with Gasteiger partial charge in [0.15, 0.2) is 0 Å². The highest BCUT2D eigenvalue weighted by atomic mass is 16.2. The number of carbonyl (C=O) groups is 1. The Labute approximate surface area is 162 Å². The van der Waals surface area contributed by atoms with Gasteiger partial charge in [-0.25, -0.2) is 9.97 Å². The molecular weight excluding hydrogens is 352 g/mol. The smallest absolute Gasteiger partial charge is 0.254 e. The summed E-state index contributed by atoms with van der Waals surface area (Å²) in [5.41, 5.74) is 8.57. The second-order valence-corrected chi connectivity index (χ2v) is 6.60. The van der Waals surface area contributed by atoms with E-state index in [2.05, 4.69) is 15.3 Å². The first-order valence-electron chi connectivity index (χ1n) is 8.98. The third kappa shape index (κ3) is 3.55. The van der Waals surface area contributed by atoms with E-state index in [1.807, 2.05) is 42.5 Å². The molecule has 2 aromatic carbocycles. The van der Waals surface area contributed by atoms with Crippen molar-refractivity contribution in [2.75, 3.05) is 18.4 Å². The first-order chi connectivity index (χ1) is 13.6. The molecule has 0 saturated carbocycles. The number of benzene rings is 2. The van der Waals surface area contributed by atoms with Crippen molar-refractivity contribution in [2.24, 2.45) is 5.73 Å². The van der Waals surface area contributed by atoms with Gasteiger partial charge < -0.3 is 16.0 Å². The normalized spacial score (nSPS) is 13.1. The number of fused-ring (bicyclic) bond motifs is 1. The number of amides is 1. The second-order valence-electron chi connectivity index (χ2n) is 6.60. The van der Waals surface area contributed by atoms with Crippen molar-refractivity contribution in [1.29, 1.82) is 5.41 Å². The van der Waals surface area contributed by atoms with Crippen LogP contribution in [0.5, 0.6) is 0 Å². The fraction of sp³-hybridized carbons (Fsp3) is 0.143. The quantitative estimate of drug-likeness (QED) is 0.362. The maximum atomic E-state index is 12.6. The summed E-state index contributed by atoms with van der Waals surface area (Å²) in [6.07, 6.45) is 5.47. The summed E-state index contributed by atoms with van der Waals surface area (Å²) in [5, 5.41) is 11.7. The van der Waals surface area contributed by atoms with Gasteiger partial charge in [0.25, 0.3) is 5.91 Å². The lowest BCUT2D eigenvalue weighted by atomic mass is 10.1. The van der Waals surface area contributed by atoms with E-state index in [1.165, 1.54) is 6.33 Å². The maximum Gasteiger partial charge on any atom is 0.254 e. The Morgan fingerprint density at radius 2 is 1.93 bits per heavy atom. The highest BCUT2D eigenvalue weighted by Gasteiger charge is 2.17. The SMILES string of the molecule is N=C(N)c1cccc(CNc2ncnc3cc(C(=O)N4CC=CC4)ccc23)c1. The number of hydrogen-bond donors (Lipinski definition) is 3. The van der Waals surface area contributed by atoms with Crippen molar-refractivity contribution in [3.8, 4) is 0 Å². The van der Waals surface area contributed by atoms with Crippen LogP contribution in [0.3, 0.4) is 0 Å². The molecule has 7 nitrogen and oxygen atoms in total. The molecule has 0 bridgehead atoms. The number of amidine groups is 1. The molecule has 2 heterocycles. The molecule has 4 N–H and O–H groups in total. The van der Waals surface area contributed by atoms with Crippen LogP contribution in [0.2, 0.25) is 0 Å². The number of nitrogen functional groups attached to an aromatic ring is 1. The Balaban J connectivity index is 1.55. The second kappa shape index (κ2) is 7.48. The molecule has 0 aliphatic carbocycles. The fourth-order valence-corrected chi connectivity index (χ4v) is 3.19. The number of anilines is 1. The topological polar surface area (TPSA) is 108 Å². The number of carbonyl (C=O) groups excluding carboxylic acids is 1. The lowest BCUT2D eigenvalue weighted by Crippen LogP contribution is -2.28. The van der Waals surface area contributed by atoms with Crippen molar-refractivity contribution in [3.05, 3.63) is 77.6 Å². The van der Waals surface area contributed by atoms with Gasteiger partial charge in [-0.2, -0.15) is 0 Å². The number of hydrogen-bond acceptors (Lipinski definition) is 5. The molecule has 1 amide bonds. The van der Waals surface area contributed by atoms with E-state index in [0.29, 0.717) is 42.1 Å². The van der Waals surface area contributed by atoms with Crippen molar-refractivity contribution >= 4 is 28.5 Å². The molecule has 0 fully saturated rings. The third-order valence-electron chi connectivity index (χ3n) is 4.69. The van der Waals surface area contributed by atoms with Crippen molar-refractivity contribution in [2.45, 2.75) is 6.54 Å². The van der Waals surface area contributed by atoms with Crippen molar-refractivity contribution in [1.82, 2.24) is 14.9 Å². The fourth-order valence-electron chi connectivity index (χ4n) is 3.19. The van der Waals surface area contributed by atoms with Gasteiger partial charge in [0.05, 0.1) is 5.52 Å². The van der Waals surface area contributed by atoms with E-state index in [4.69, 9.17) is 11.1 Å². The van der Waals surface area contributed by atoms with E-state index >= 15 is 0 Å². The molecule has 3 aromatic rings. The zero-order valence-corrected chi connectivity index (χ0v) is 15.2. The Kier molecular flexibility index (Phi) is 4.72. The molecule has 0 spiro atoms. The van der Waals surface area contributed by atoms with Crippen LogP contribution in [0.1, 0.15) is 21.5 Å². The van der Waals surface area contributed by atoms with Gasteiger partial charge in [-0.3, -0.25) is 10.2 Å². The molecule has 1 aromatic heterocycles. The summed E-state index contributed by atoms with van der Waals surface area (Å²) in [5.74, 6) is 0.737. The van der Waals surface area contributed by atoms with Crippen molar-refractivity contribution in [3.63, 3.8) is 0 Å². The first kappa shape index (κ1) is 17.7. The van der Waals surface area contributed by atoms with Crippen LogP contribution in [-0.4, -0.2) is 39.7 Å². The van der Waals surface area contributed by atoms with Crippen LogP contribution in [0, 0.1) is 5.41 Å². The van der Waals surface area contributed by atoms with E-state index in [9.17, 15) is 4.79 Å². The van der Waals surface area contributed by atoms with E-state index < -0.39 is 0 Å². The monoisotopic (exact) mass is 372 g/mol. The molecule has 0 saturated heterocycles. The van der Waals surface area contributed by atoms with Crippen LogP contribution in [0.25, 0.3) is 10.9 Å². The van der Waals surface area contributed by atoms with Gasteiger partial charge in [0.2, 0.25) is 0 Å². The number of nitrogens with two attached hydrogens (primary N) is 1. The van der Waals surface area contributed by atoms with Crippen LogP contribution in [0.4, 0.5) is 5.82 Å². The minimum absolute atomic E-state index is 0.000990. The molecule has 140 valence electrons. The molecule has 1 aliphatic rings. The highest BCUT2D eigenvalue weighted by molar-refractivity contribution is 6.00. The molecular formula is C21H20N6O. The van der Waals surface area contributed by atoms with Gasteiger partial charge in [-0.05, 0) is 29.8 Å². The van der Waals surface area contributed by atoms with E-state index in [-0.39, 0.29) is 11.7 Å². The largest absolute Gasteiger partial charge is 0.384 e. The van der Waals surface area contributed by atoms with Gasteiger partial charge in [-0.1, -0.05) is 30.4 Å². The van der Waals surface area contributed by atoms with Crippen LogP contribution in [-0.2, 0) is 6.54 Å². The predicted molar refractivity (Wildman–Crippen MR) is 109 cm³/mol. The molecule has 1 aliphatic heterocycles. The lowest BCUT2D eigenvalue weighted by molar-refractivity contribution is 0.0800. The van der Waals surface area contributed by atoms with Crippen LogP contribution >= 0.6 is 0 Å². The standard InChI is InChI=1S/C21H20N6O/c22-19(23)15-5-3-4-14(10-15)12-24-20-17-7-6-16(11-18(17)25-13-26-20)21(28)27-8-1-2-9-27/h1-7,10-11,13H,8-9,12H2,(H3,22,23)(H,24,25,26). The summed E-state index contributed by atoms with van der Waals surface area (Å²) in [6.45, 7) is 1.83. The summed E-state index contributed by atoms with van der Waals surface area (Å²) in [6, 6.07) is 13.0. The van der Waals surface area contributed by atoms with E-state index in [0.717, 1.165) is 10.9 Å². The molecule has 7 heteroatoms. The van der Waals surface area contributed by atoms with E-state index in [1.54, 1.807) is 17.0 Å². The summed E-state index contributed by atoms with van der Waals surface area (Å²) in [7, 11) is 0. The van der Waals surface area contributed by atoms with Crippen molar-refractivity contribution < 1.29 is 4.79 Å². The molecule has 0 radical (unpaired) electrons. The number of rotatable bonds is 5. The zero-order chi connectivity index (χ0) is 19.5. The number of aromatic nitrogens is 2. The Morgan fingerprint density at radius 1 is 1.11 bits per heavy atom. The number of nitrogens with zero attached hydrogens (tertiary/aromatic N) is 3. The average molecular weight is 372 g/mol. The molecule has 28 heavy (non-hydrogen) atoms. The Hall–Kier alpha value is -3.74. The van der Waals surface area contributed by atoms with Gasteiger partial charge in [-0.15, -0.1) is 0 Å². The molecule has 0 atom stereocenters. The summed E-state index contributed by atoms with van der Waals surface area (Å²) >= 11 is 0. The zero-order valence-electron chi connectivity index (χ0n) is 15.2. The maximum absolute atomic E-state index is 12.6. The summed E-state index contributed by atoms with van der Waals surface area (Å²) < 4.78 is 0. The van der Waals surface area contributed by atoms with Crippen LogP contribution in [0.15, 0.2) is 60.9 Å². The third-order valence-corrected chi connectivity index (χ3v) is 4.69. The van der Waals surface area contributed by atoms with Gasteiger partial charge in [0, 0.05) is 36.1 Å². The van der Waals surface area contributed by atoms with Gasteiger partial charge >= 0.3 is 0 Å². The molecule has 0 unspecified atom stereocenters. The first-order valence-corrected chi connectivity index (χ1v) is 8.98. The van der Waals surface area contributed by atoms with Gasteiger partial charge in [0.1, 0.15) is 18.0 Å². The summed E-state index contributed by atoms with van der Waals surface area (Å²) in [4.78, 5) is 23.0. The Bertz CT molecular complexity index is 1080. The average Bonchev–Trinajstić information content (AvgIpc) is 3.26. The minimum Gasteiger partial charge on any atom is -0.384 e. The Morgan fingerprint density at radius 3 is 2.71 bits per heavy atom. The lowest BCUT2D eigenvalue weighted by Gasteiger charge is -2.16. The predicted octanol–water partition coefficient (Wildman–Crippen LogP) is 2.54. The van der Waals surface area contributed by atoms with Crippen LogP contribution < -0.4 is 11.1 Å². The minimum atomic E-state index is 0.000990.